The van der Waals surface area contributed by atoms with E-state index in [4.69, 9.17) is 4.74 Å². The third-order valence-electron chi connectivity index (χ3n) is 2.05. The fourth-order valence-corrected chi connectivity index (χ4v) is 1.29. The number of carbonyl (C=O) groups excluding carboxylic acids is 1. The molecule has 1 atom stereocenters. The molecule has 0 amide bonds. The second-order valence-electron chi connectivity index (χ2n) is 3.41. The van der Waals surface area contributed by atoms with Gasteiger partial charge in [-0.05, 0) is 33.1 Å². The van der Waals surface area contributed by atoms with Crippen molar-refractivity contribution in [1.29, 1.82) is 0 Å². The molecule has 0 heterocycles. The first kappa shape index (κ1) is 8.72. The van der Waals surface area contributed by atoms with Crippen LogP contribution in [0.1, 0.15) is 39.5 Å². The maximum Gasteiger partial charge on any atom is 0.132 e. The van der Waals surface area contributed by atoms with E-state index < -0.39 is 0 Å². The number of ether oxygens (including phenoxy) is 1. The van der Waals surface area contributed by atoms with Crippen molar-refractivity contribution in [2.45, 2.75) is 51.7 Å². The molecule has 11 heavy (non-hydrogen) atoms. The second-order valence-corrected chi connectivity index (χ2v) is 3.41. The number of hydrogen-bond donors (Lipinski definition) is 0. The van der Waals surface area contributed by atoms with E-state index in [1.807, 2.05) is 6.92 Å². The van der Waals surface area contributed by atoms with Gasteiger partial charge >= 0.3 is 0 Å². The highest BCUT2D eigenvalue weighted by molar-refractivity contribution is 5.75. The molecule has 0 saturated heterocycles. The lowest BCUT2D eigenvalue weighted by Gasteiger charge is -2.28. The first-order valence-corrected chi connectivity index (χ1v) is 4.33. The quantitative estimate of drug-likeness (QED) is 0.621. The van der Waals surface area contributed by atoms with E-state index >= 15 is 0 Å². The topological polar surface area (TPSA) is 26.3 Å². The number of ketones is 1. The number of Topliss-reactive ketones (excluding diaryl/α,β-unsaturated/α-hetero) is 1. The Labute approximate surface area is 67.9 Å². The summed E-state index contributed by atoms with van der Waals surface area (Å²) in [5.74, 6) is 0.219. The zero-order valence-electron chi connectivity index (χ0n) is 7.30. The molecule has 0 bridgehead atoms. The van der Waals surface area contributed by atoms with Crippen molar-refractivity contribution in [1.82, 2.24) is 0 Å². The van der Waals surface area contributed by atoms with Crippen LogP contribution in [0, 0.1) is 0 Å². The van der Waals surface area contributed by atoms with Crippen LogP contribution in [0.5, 0.6) is 0 Å². The van der Waals surface area contributed by atoms with E-state index in [0.29, 0.717) is 12.5 Å². The van der Waals surface area contributed by atoms with Crippen molar-refractivity contribution in [3.63, 3.8) is 0 Å². The van der Waals surface area contributed by atoms with E-state index in [0.717, 1.165) is 0 Å². The summed E-state index contributed by atoms with van der Waals surface area (Å²) in [6, 6.07) is 0. The van der Waals surface area contributed by atoms with Crippen LogP contribution in [-0.2, 0) is 9.53 Å². The summed E-state index contributed by atoms with van der Waals surface area (Å²) < 4.78 is 5.58. The maximum atomic E-state index is 10.7. The van der Waals surface area contributed by atoms with Crippen molar-refractivity contribution in [3.05, 3.63) is 0 Å². The summed E-state index contributed by atoms with van der Waals surface area (Å²) in [6.07, 6.45) is 4.79. The van der Waals surface area contributed by atoms with Crippen molar-refractivity contribution in [2.24, 2.45) is 0 Å². The molecule has 0 aromatic heterocycles. The molecule has 2 nitrogen and oxygen atoms in total. The van der Waals surface area contributed by atoms with Gasteiger partial charge in [0.05, 0.1) is 12.2 Å². The van der Waals surface area contributed by atoms with E-state index in [1.165, 1.54) is 19.3 Å². The molecule has 0 radical (unpaired) electrons. The summed E-state index contributed by atoms with van der Waals surface area (Å²) in [7, 11) is 0. The third-order valence-corrected chi connectivity index (χ3v) is 2.05. The minimum absolute atomic E-state index is 0.123. The lowest BCUT2D eigenvalue weighted by Crippen LogP contribution is -2.27. The molecule has 1 aliphatic rings. The molecule has 1 saturated carbocycles. The lowest BCUT2D eigenvalue weighted by atomic mass is 9.96. The molecule has 0 aromatic rings. The highest BCUT2D eigenvalue weighted by Gasteiger charge is 2.20. The highest BCUT2D eigenvalue weighted by atomic mass is 16.5. The Morgan fingerprint density at radius 2 is 2.27 bits per heavy atom. The van der Waals surface area contributed by atoms with Gasteiger partial charge in [0, 0.05) is 6.42 Å². The molecule has 0 spiro atoms. The molecule has 64 valence electrons. The van der Waals surface area contributed by atoms with Gasteiger partial charge in [0.15, 0.2) is 0 Å². The van der Waals surface area contributed by atoms with E-state index in [-0.39, 0.29) is 11.9 Å². The van der Waals surface area contributed by atoms with E-state index in [9.17, 15) is 4.79 Å². The number of carbonyl (C=O) groups is 1. The molecule has 1 rings (SSSR count). The van der Waals surface area contributed by atoms with Gasteiger partial charge < -0.3 is 4.74 Å². The van der Waals surface area contributed by atoms with Crippen LogP contribution in [0.15, 0.2) is 0 Å². The predicted octanol–water partition coefficient (Wildman–Crippen LogP) is 1.92. The van der Waals surface area contributed by atoms with Gasteiger partial charge in [-0.1, -0.05) is 0 Å². The Morgan fingerprint density at radius 3 is 2.64 bits per heavy atom. The van der Waals surface area contributed by atoms with Crippen molar-refractivity contribution in [2.75, 3.05) is 0 Å². The van der Waals surface area contributed by atoms with Crippen LogP contribution in [0.4, 0.5) is 0 Å². The van der Waals surface area contributed by atoms with E-state index in [1.54, 1.807) is 6.92 Å². The van der Waals surface area contributed by atoms with Crippen LogP contribution < -0.4 is 0 Å². The number of rotatable bonds is 4. The Kier molecular flexibility index (Phi) is 3.06. The average molecular weight is 156 g/mol. The van der Waals surface area contributed by atoms with Gasteiger partial charge in [0.2, 0.25) is 0 Å². The third kappa shape index (κ3) is 3.02. The largest absolute Gasteiger partial charge is 0.375 e. The molecular weight excluding hydrogens is 140 g/mol. The Morgan fingerprint density at radius 1 is 1.64 bits per heavy atom. The molecule has 0 N–H and O–H groups in total. The van der Waals surface area contributed by atoms with Crippen LogP contribution in [0.2, 0.25) is 0 Å². The average Bonchev–Trinajstić information content (AvgIpc) is 1.77. The summed E-state index contributed by atoms with van der Waals surface area (Å²) in [5, 5.41) is 0. The SMILES string of the molecule is CC(=O)CC(C)OC1CCC1. The van der Waals surface area contributed by atoms with Crippen LogP contribution in [0.3, 0.4) is 0 Å². The first-order valence-electron chi connectivity index (χ1n) is 4.33. The molecule has 0 aromatic carbocycles. The standard InChI is InChI=1S/C9H16O2/c1-7(10)6-8(2)11-9-4-3-5-9/h8-9H,3-6H2,1-2H3. The highest BCUT2D eigenvalue weighted by Crippen LogP contribution is 2.23. The summed E-state index contributed by atoms with van der Waals surface area (Å²) in [4.78, 5) is 10.7. The molecule has 2 heteroatoms. The predicted molar refractivity (Wildman–Crippen MR) is 43.5 cm³/mol. The smallest absolute Gasteiger partial charge is 0.132 e. The first-order chi connectivity index (χ1) is 5.18. The zero-order chi connectivity index (χ0) is 8.27. The van der Waals surface area contributed by atoms with Gasteiger partial charge in [-0.25, -0.2) is 0 Å². The Bertz CT molecular complexity index is 138. The van der Waals surface area contributed by atoms with Crippen molar-refractivity contribution in [3.8, 4) is 0 Å². The fourth-order valence-electron chi connectivity index (χ4n) is 1.29. The molecule has 0 aliphatic heterocycles. The second kappa shape index (κ2) is 3.86. The fraction of sp³-hybridized carbons (Fsp3) is 0.889. The minimum Gasteiger partial charge on any atom is -0.375 e. The summed E-state index contributed by atoms with van der Waals surface area (Å²) in [5.41, 5.74) is 0. The minimum atomic E-state index is 0.123. The van der Waals surface area contributed by atoms with Crippen LogP contribution in [-0.4, -0.2) is 18.0 Å². The van der Waals surface area contributed by atoms with Crippen molar-refractivity contribution < 1.29 is 9.53 Å². The molecule has 1 aliphatic carbocycles. The monoisotopic (exact) mass is 156 g/mol. The zero-order valence-corrected chi connectivity index (χ0v) is 7.30. The van der Waals surface area contributed by atoms with Crippen LogP contribution >= 0.6 is 0 Å². The molecule has 1 unspecified atom stereocenters. The van der Waals surface area contributed by atoms with Crippen LogP contribution in [0.25, 0.3) is 0 Å². The van der Waals surface area contributed by atoms with Gasteiger partial charge in [-0.2, -0.15) is 0 Å². The van der Waals surface area contributed by atoms with Gasteiger partial charge in [0.25, 0.3) is 0 Å². The van der Waals surface area contributed by atoms with E-state index in [2.05, 4.69) is 0 Å². The normalized spacial score (nSPS) is 20.9. The molecule has 1 fully saturated rings. The maximum absolute atomic E-state index is 10.7. The van der Waals surface area contributed by atoms with Crippen molar-refractivity contribution >= 4 is 5.78 Å². The lowest BCUT2D eigenvalue weighted by molar-refractivity contribution is -0.121. The number of hydrogen-bond acceptors (Lipinski definition) is 2. The summed E-state index contributed by atoms with van der Waals surface area (Å²) in [6.45, 7) is 3.58. The van der Waals surface area contributed by atoms with Gasteiger partial charge in [-0.15, -0.1) is 0 Å². The van der Waals surface area contributed by atoms with Gasteiger partial charge in [0.1, 0.15) is 5.78 Å². The molecular formula is C9H16O2. The van der Waals surface area contributed by atoms with Gasteiger partial charge in [-0.3, -0.25) is 4.79 Å². The Hall–Kier alpha value is -0.370. The Balaban J connectivity index is 2.09. The summed E-state index contributed by atoms with van der Waals surface area (Å²) >= 11 is 0.